The zero-order valence-corrected chi connectivity index (χ0v) is 10.6. The number of methoxy groups -OCH3 is 1. The van der Waals surface area contributed by atoms with Gasteiger partial charge >= 0.3 is 6.18 Å². The molecule has 0 aromatic heterocycles. The first-order chi connectivity index (χ1) is 8.81. The average Bonchev–Trinajstić information content (AvgIpc) is 2.29. The lowest BCUT2D eigenvalue weighted by molar-refractivity contribution is -0.126. The van der Waals surface area contributed by atoms with Crippen LogP contribution in [0.5, 0.6) is 5.75 Å². The SMILES string of the molecule is COc1cc(C)ccc1NC(=O)CNCC(F)(F)F. The number of rotatable bonds is 5. The Balaban J connectivity index is 2.53. The summed E-state index contributed by atoms with van der Waals surface area (Å²) in [5.74, 6) is -0.101. The van der Waals surface area contributed by atoms with Crippen LogP contribution in [0, 0.1) is 6.92 Å². The zero-order valence-electron chi connectivity index (χ0n) is 10.6. The van der Waals surface area contributed by atoms with Crippen LogP contribution in [0.3, 0.4) is 0 Å². The van der Waals surface area contributed by atoms with Gasteiger partial charge in [-0.25, -0.2) is 0 Å². The van der Waals surface area contributed by atoms with Crippen LogP contribution in [0.25, 0.3) is 0 Å². The minimum Gasteiger partial charge on any atom is -0.495 e. The largest absolute Gasteiger partial charge is 0.495 e. The van der Waals surface area contributed by atoms with Gasteiger partial charge in [0.2, 0.25) is 5.91 Å². The van der Waals surface area contributed by atoms with Gasteiger partial charge in [-0.05, 0) is 24.6 Å². The van der Waals surface area contributed by atoms with Crippen molar-refractivity contribution in [2.24, 2.45) is 0 Å². The third kappa shape index (κ3) is 5.60. The van der Waals surface area contributed by atoms with Crippen LogP contribution in [0.15, 0.2) is 18.2 Å². The van der Waals surface area contributed by atoms with E-state index in [-0.39, 0.29) is 0 Å². The molecule has 106 valence electrons. The van der Waals surface area contributed by atoms with Crippen LogP contribution in [0.2, 0.25) is 0 Å². The second-order valence-electron chi connectivity index (χ2n) is 3.97. The number of alkyl halides is 3. The van der Waals surface area contributed by atoms with Crippen molar-refractivity contribution in [3.05, 3.63) is 23.8 Å². The van der Waals surface area contributed by atoms with Crippen molar-refractivity contribution in [3.8, 4) is 5.75 Å². The molecule has 19 heavy (non-hydrogen) atoms. The topological polar surface area (TPSA) is 50.4 Å². The average molecular weight is 276 g/mol. The minimum absolute atomic E-state index is 0.420. The summed E-state index contributed by atoms with van der Waals surface area (Å²) in [4.78, 5) is 11.5. The quantitative estimate of drug-likeness (QED) is 0.866. The van der Waals surface area contributed by atoms with Gasteiger partial charge in [0, 0.05) is 0 Å². The molecule has 0 radical (unpaired) electrons. The van der Waals surface area contributed by atoms with Crippen LogP contribution in [0.4, 0.5) is 18.9 Å². The number of hydrogen-bond donors (Lipinski definition) is 2. The van der Waals surface area contributed by atoms with E-state index < -0.39 is 25.2 Å². The van der Waals surface area contributed by atoms with Crippen LogP contribution in [-0.4, -0.2) is 32.3 Å². The van der Waals surface area contributed by atoms with Crippen LogP contribution in [-0.2, 0) is 4.79 Å². The van der Waals surface area contributed by atoms with Gasteiger partial charge < -0.3 is 15.4 Å². The van der Waals surface area contributed by atoms with Crippen molar-refractivity contribution in [1.29, 1.82) is 0 Å². The fourth-order valence-electron chi connectivity index (χ4n) is 1.41. The lowest BCUT2D eigenvalue weighted by atomic mass is 10.2. The Morgan fingerprint density at radius 1 is 1.37 bits per heavy atom. The van der Waals surface area contributed by atoms with E-state index in [1.165, 1.54) is 7.11 Å². The number of ether oxygens (including phenoxy) is 1. The number of nitrogens with one attached hydrogen (secondary N) is 2. The Morgan fingerprint density at radius 2 is 2.05 bits per heavy atom. The van der Waals surface area contributed by atoms with Crippen LogP contribution >= 0.6 is 0 Å². The highest BCUT2D eigenvalue weighted by Gasteiger charge is 2.26. The van der Waals surface area contributed by atoms with Crippen molar-refractivity contribution in [1.82, 2.24) is 5.32 Å². The molecule has 0 saturated heterocycles. The first-order valence-corrected chi connectivity index (χ1v) is 5.54. The number of carbonyl (C=O) groups is 1. The second-order valence-corrected chi connectivity index (χ2v) is 3.97. The van der Waals surface area contributed by atoms with E-state index in [1.807, 2.05) is 12.2 Å². The van der Waals surface area contributed by atoms with E-state index in [0.717, 1.165) is 5.56 Å². The van der Waals surface area contributed by atoms with E-state index in [0.29, 0.717) is 11.4 Å². The molecule has 0 aliphatic rings. The molecular weight excluding hydrogens is 261 g/mol. The molecule has 0 spiro atoms. The van der Waals surface area contributed by atoms with E-state index in [4.69, 9.17) is 4.74 Å². The molecule has 0 aliphatic carbocycles. The molecule has 0 fully saturated rings. The monoisotopic (exact) mass is 276 g/mol. The summed E-state index contributed by atoms with van der Waals surface area (Å²) in [7, 11) is 1.45. The van der Waals surface area contributed by atoms with Crippen molar-refractivity contribution in [2.75, 3.05) is 25.5 Å². The molecule has 4 nitrogen and oxygen atoms in total. The van der Waals surface area contributed by atoms with Crippen LogP contribution in [0.1, 0.15) is 5.56 Å². The number of amides is 1. The van der Waals surface area contributed by atoms with Crippen LogP contribution < -0.4 is 15.4 Å². The molecule has 1 amide bonds. The van der Waals surface area contributed by atoms with Gasteiger partial charge in [-0.1, -0.05) is 6.07 Å². The molecule has 0 atom stereocenters. The number of halogens is 3. The van der Waals surface area contributed by atoms with E-state index >= 15 is 0 Å². The Morgan fingerprint density at radius 3 is 2.63 bits per heavy atom. The summed E-state index contributed by atoms with van der Waals surface area (Å²) in [5.41, 5.74) is 1.37. The Hall–Kier alpha value is -1.76. The summed E-state index contributed by atoms with van der Waals surface area (Å²) >= 11 is 0. The maximum atomic E-state index is 11.9. The molecule has 1 aromatic carbocycles. The molecule has 7 heteroatoms. The van der Waals surface area contributed by atoms with E-state index in [2.05, 4.69) is 5.32 Å². The Bertz CT molecular complexity index is 447. The highest BCUT2D eigenvalue weighted by molar-refractivity contribution is 5.93. The van der Waals surface area contributed by atoms with Gasteiger partial charge in [0.25, 0.3) is 0 Å². The van der Waals surface area contributed by atoms with Crippen molar-refractivity contribution in [3.63, 3.8) is 0 Å². The number of aryl methyl sites for hydroxylation is 1. The minimum atomic E-state index is -4.33. The normalized spacial score (nSPS) is 11.2. The zero-order chi connectivity index (χ0) is 14.5. The Labute approximate surface area is 108 Å². The maximum absolute atomic E-state index is 11.9. The van der Waals surface area contributed by atoms with Gasteiger partial charge in [-0.3, -0.25) is 4.79 Å². The summed E-state index contributed by atoms with van der Waals surface area (Å²) in [5, 5.41) is 4.50. The van der Waals surface area contributed by atoms with E-state index in [1.54, 1.807) is 18.2 Å². The predicted molar refractivity (Wildman–Crippen MR) is 65.3 cm³/mol. The fourth-order valence-corrected chi connectivity index (χ4v) is 1.41. The molecule has 0 aliphatic heterocycles. The second kappa shape index (κ2) is 6.42. The molecule has 0 bridgehead atoms. The third-order valence-corrected chi connectivity index (χ3v) is 2.24. The molecule has 0 heterocycles. The third-order valence-electron chi connectivity index (χ3n) is 2.24. The highest BCUT2D eigenvalue weighted by atomic mass is 19.4. The predicted octanol–water partition coefficient (Wildman–Crippen LogP) is 2.09. The number of benzene rings is 1. The lowest BCUT2D eigenvalue weighted by Crippen LogP contribution is -2.35. The molecular formula is C12H15F3N2O2. The molecule has 0 saturated carbocycles. The first kappa shape index (κ1) is 15.3. The van der Waals surface area contributed by atoms with Gasteiger partial charge in [-0.15, -0.1) is 0 Å². The smallest absolute Gasteiger partial charge is 0.401 e. The van der Waals surface area contributed by atoms with Crippen molar-refractivity contribution >= 4 is 11.6 Å². The van der Waals surface area contributed by atoms with E-state index in [9.17, 15) is 18.0 Å². The summed E-state index contributed by atoms with van der Waals surface area (Å²) in [6.45, 7) is 0.237. The first-order valence-electron chi connectivity index (χ1n) is 5.54. The van der Waals surface area contributed by atoms with Gasteiger partial charge in [0.05, 0.1) is 25.9 Å². The van der Waals surface area contributed by atoms with Crippen molar-refractivity contribution < 1.29 is 22.7 Å². The van der Waals surface area contributed by atoms with Gasteiger partial charge in [0.15, 0.2) is 0 Å². The van der Waals surface area contributed by atoms with Gasteiger partial charge in [-0.2, -0.15) is 13.2 Å². The standard InChI is InChI=1S/C12H15F3N2O2/c1-8-3-4-9(10(5-8)19-2)17-11(18)6-16-7-12(13,14)15/h3-5,16H,6-7H2,1-2H3,(H,17,18). The number of hydrogen-bond acceptors (Lipinski definition) is 3. The molecule has 1 rings (SSSR count). The summed E-state index contributed by atoms with van der Waals surface area (Å²) < 4.78 is 40.7. The summed E-state index contributed by atoms with van der Waals surface area (Å²) in [6, 6.07) is 5.12. The molecule has 0 unspecified atom stereocenters. The highest BCUT2D eigenvalue weighted by Crippen LogP contribution is 2.24. The Kier molecular flexibility index (Phi) is 5.17. The number of anilines is 1. The lowest BCUT2D eigenvalue weighted by Gasteiger charge is -2.12. The maximum Gasteiger partial charge on any atom is 0.401 e. The number of carbonyl (C=O) groups excluding carboxylic acids is 1. The van der Waals surface area contributed by atoms with Crippen molar-refractivity contribution in [2.45, 2.75) is 13.1 Å². The summed E-state index contributed by atoms with van der Waals surface area (Å²) in [6.07, 6.45) is -4.33. The van der Waals surface area contributed by atoms with Gasteiger partial charge in [0.1, 0.15) is 5.75 Å². The fraction of sp³-hybridized carbons (Fsp3) is 0.417. The molecule has 1 aromatic rings. The molecule has 2 N–H and O–H groups in total.